The van der Waals surface area contributed by atoms with E-state index in [9.17, 15) is 14.7 Å². The van der Waals surface area contributed by atoms with Gasteiger partial charge in [0.2, 0.25) is 0 Å². The van der Waals surface area contributed by atoms with E-state index in [0.717, 1.165) is 41.9 Å². The van der Waals surface area contributed by atoms with Gasteiger partial charge in [0, 0.05) is 31.5 Å². The van der Waals surface area contributed by atoms with E-state index in [2.05, 4.69) is 17.1 Å². The number of aliphatic hydroxyl groups is 1. The second-order valence-corrected chi connectivity index (χ2v) is 10.4. The highest BCUT2D eigenvalue weighted by Gasteiger charge is 2.39. The Hall–Kier alpha value is -2.78. The number of carbonyl (C=O) groups is 2. The third kappa shape index (κ3) is 7.41. The van der Waals surface area contributed by atoms with Crippen LogP contribution in [0.5, 0.6) is 0 Å². The highest BCUT2D eigenvalue weighted by atomic mass is 16.7. The second kappa shape index (κ2) is 13.3. The van der Waals surface area contributed by atoms with Crippen molar-refractivity contribution < 1.29 is 28.9 Å². The first-order chi connectivity index (χ1) is 18.3. The molecule has 2 aromatic rings. The molecule has 2 heterocycles. The number of aliphatic hydroxyl groups excluding tert-OH is 1. The molecule has 1 amide bonds. The molecule has 2 N–H and O–H groups in total. The summed E-state index contributed by atoms with van der Waals surface area (Å²) < 4.78 is 18.0. The van der Waals surface area contributed by atoms with Crippen molar-refractivity contribution in [2.45, 2.75) is 77.8 Å². The van der Waals surface area contributed by atoms with Crippen LogP contribution in [0.1, 0.15) is 74.7 Å². The van der Waals surface area contributed by atoms with Gasteiger partial charge in [0.1, 0.15) is 0 Å². The molecule has 8 nitrogen and oxygen atoms in total. The smallest absolute Gasteiger partial charge is 0.303 e. The summed E-state index contributed by atoms with van der Waals surface area (Å²) in [7, 11) is 0. The maximum Gasteiger partial charge on any atom is 0.303 e. The number of amides is 1. The van der Waals surface area contributed by atoms with E-state index in [-0.39, 0.29) is 30.6 Å². The van der Waals surface area contributed by atoms with Gasteiger partial charge in [0.05, 0.1) is 18.8 Å². The molecule has 2 aliphatic heterocycles. The van der Waals surface area contributed by atoms with Gasteiger partial charge in [0.15, 0.2) is 12.4 Å². The lowest BCUT2D eigenvalue weighted by molar-refractivity contribution is -0.276. The maximum atomic E-state index is 12.2. The molecule has 2 aromatic carbocycles. The fourth-order valence-corrected chi connectivity index (χ4v) is 5.15. The molecule has 0 saturated carbocycles. The quantitative estimate of drug-likeness (QED) is 0.478. The average molecular weight is 525 g/mol. The molecule has 2 saturated heterocycles. The summed E-state index contributed by atoms with van der Waals surface area (Å²) in [5, 5.41) is 12.3. The number of nitrogens with zero attached hydrogens (tertiary/aromatic N) is 1. The first-order valence-corrected chi connectivity index (χ1v) is 13.6. The number of nitrogens with one attached hydrogen (secondary N) is 1. The number of hydrogen-bond acceptors (Lipinski definition) is 7. The van der Waals surface area contributed by atoms with Gasteiger partial charge in [-0.2, -0.15) is 0 Å². The molecule has 2 fully saturated rings. The number of benzene rings is 2. The molecule has 5 atom stereocenters. The number of hydrogen-bond donors (Lipinski definition) is 2. The van der Waals surface area contributed by atoms with Gasteiger partial charge in [-0.1, -0.05) is 61.9 Å². The Kier molecular flexibility index (Phi) is 9.91. The van der Waals surface area contributed by atoms with E-state index in [0.29, 0.717) is 6.54 Å². The van der Waals surface area contributed by atoms with E-state index >= 15 is 0 Å². The minimum atomic E-state index is -0.835. The molecule has 0 spiro atoms. The van der Waals surface area contributed by atoms with Gasteiger partial charge in [-0.3, -0.25) is 9.59 Å². The topological polar surface area (TPSA) is 97.3 Å². The third-order valence-electron chi connectivity index (χ3n) is 7.44. The minimum absolute atomic E-state index is 0.0103. The Morgan fingerprint density at radius 1 is 1.00 bits per heavy atom. The van der Waals surface area contributed by atoms with Crippen LogP contribution >= 0.6 is 0 Å². The Bertz CT molecular complexity index is 1050. The van der Waals surface area contributed by atoms with Crippen molar-refractivity contribution in [2.24, 2.45) is 5.92 Å². The van der Waals surface area contributed by atoms with Crippen LogP contribution in [0, 0.1) is 5.92 Å². The van der Waals surface area contributed by atoms with Crippen LogP contribution < -0.4 is 5.32 Å². The van der Waals surface area contributed by atoms with E-state index in [1.165, 1.54) is 26.2 Å². The predicted molar refractivity (Wildman–Crippen MR) is 143 cm³/mol. The molecule has 0 unspecified atom stereocenters. The zero-order chi connectivity index (χ0) is 27.1. The predicted octanol–water partition coefficient (Wildman–Crippen LogP) is 4.02. The zero-order valence-corrected chi connectivity index (χ0v) is 22.6. The largest absolute Gasteiger partial charge is 0.453 e. The Balaban J connectivity index is 1.46. The van der Waals surface area contributed by atoms with Crippen molar-refractivity contribution in [2.75, 3.05) is 19.6 Å². The van der Waals surface area contributed by atoms with Crippen LogP contribution in [0.4, 0.5) is 0 Å². The van der Waals surface area contributed by atoms with Gasteiger partial charge in [-0.25, -0.2) is 0 Å². The summed E-state index contributed by atoms with van der Waals surface area (Å²) >= 11 is 0. The summed E-state index contributed by atoms with van der Waals surface area (Å²) in [4.78, 5) is 25.7. The first-order valence-electron chi connectivity index (χ1n) is 13.6. The summed E-state index contributed by atoms with van der Waals surface area (Å²) in [6.45, 7) is 8.44. The maximum absolute atomic E-state index is 12.2. The lowest BCUT2D eigenvalue weighted by Crippen LogP contribution is -2.45. The fourth-order valence-electron chi connectivity index (χ4n) is 5.15. The number of esters is 1. The van der Waals surface area contributed by atoms with E-state index < -0.39 is 18.4 Å². The Morgan fingerprint density at radius 2 is 1.63 bits per heavy atom. The molecule has 4 rings (SSSR count). The standard InChI is InChI=1S/C30H40N2O6/c1-20-27(18-32-15-5-4-6-16-32)37-30(38-28(20)25-11-9-24(19-33)10-12-25)26-13-7-23(8-14-26)17-31-29(35)21(2)36-22(3)34/h7-14,20-21,27-28,30,33H,4-6,15-19H2,1-3H3,(H,31,35)/t20-,21+,27+,28+,30+/m1/s1. The van der Waals surface area contributed by atoms with Crippen LogP contribution in [-0.4, -0.2) is 53.7 Å². The van der Waals surface area contributed by atoms with Crippen molar-refractivity contribution >= 4 is 11.9 Å². The molecule has 0 aliphatic carbocycles. The minimum Gasteiger partial charge on any atom is -0.453 e. The van der Waals surface area contributed by atoms with Gasteiger partial charge >= 0.3 is 5.97 Å². The molecule has 0 aromatic heterocycles. The number of rotatable bonds is 9. The Morgan fingerprint density at radius 3 is 2.26 bits per heavy atom. The highest BCUT2D eigenvalue weighted by molar-refractivity contribution is 5.82. The molecule has 0 bridgehead atoms. The molecule has 206 valence electrons. The summed E-state index contributed by atoms with van der Waals surface area (Å²) in [5.74, 6) is -0.672. The third-order valence-corrected chi connectivity index (χ3v) is 7.44. The van der Waals surface area contributed by atoms with Gasteiger partial charge in [-0.15, -0.1) is 0 Å². The summed E-state index contributed by atoms with van der Waals surface area (Å²) in [6.07, 6.45) is 2.26. The van der Waals surface area contributed by atoms with Crippen LogP contribution in [0.2, 0.25) is 0 Å². The van der Waals surface area contributed by atoms with E-state index in [1.807, 2.05) is 48.5 Å². The molecule has 2 aliphatic rings. The van der Waals surface area contributed by atoms with Crippen LogP contribution in [0.25, 0.3) is 0 Å². The van der Waals surface area contributed by atoms with E-state index in [4.69, 9.17) is 14.2 Å². The van der Waals surface area contributed by atoms with Crippen LogP contribution in [-0.2, 0) is 37.0 Å². The van der Waals surface area contributed by atoms with Crippen molar-refractivity contribution in [3.63, 3.8) is 0 Å². The summed E-state index contributed by atoms with van der Waals surface area (Å²) in [5.41, 5.74) is 3.79. The van der Waals surface area contributed by atoms with Gasteiger partial charge < -0.3 is 29.5 Å². The molecule has 0 radical (unpaired) electrons. The van der Waals surface area contributed by atoms with Crippen molar-refractivity contribution in [3.8, 4) is 0 Å². The number of likely N-dealkylation sites (tertiary alicyclic amines) is 1. The van der Waals surface area contributed by atoms with Crippen molar-refractivity contribution in [3.05, 3.63) is 70.8 Å². The van der Waals surface area contributed by atoms with E-state index in [1.54, 1.807) is 6.92 Å². The lowest BCUT2D eigenvalue weighted by Gasteiger charge is -2.43. The molecular weight excluding hydrogens is 484 g/mol. The highest BCUT2D eigenvalue weighted by Crippen LogP contribution is 2.42. The fraction of sp³-hybridized carbons (Fsp3) is 0.533. The number of piperidine rings is 1. The molecular formula is C30H40N2O6. The Labute approximate surface area is 225 Å². The SMILES string of the molecule is CC(=O)O[C@@H](C)C(=O)NCc1ccc([C@H]2O[C@@H](CN3CCCCC3)[C@@H](C)[C@@H](c3ccc(CO)cc3)O2)cc1. The lowest BCUT2D eigenvalue weighted by atomic mass is 9.89. The average Bonchev–Trinajstić information content (AvgIpc) is 2.93. The molecule has 8 heteroatoms. The second-order valence-electron chi connectivity index (χ2n) is 10.4. The van der Waals surface area contributed by atoms with Gasteiger partial charge in [-0.05, 0) is 49.5 Å². The normalized spacial score (nSPS) is 24.9. The number of ether oxygens (including phenoxy) is 3. The number of carbonyl (C=O) groups excluding carboxylic acids is 2. The first kappa shape index (κ1) is 28.2. The van der Waals surface area contributed by atoms with Gasteiger partial charge in [0.25, 0.3) is 5.91 Å². The van der Waals surface area contributed by atoms with Crippen molar-refractivity contribution in [1.29, 1.82) is 0 Å². The molecule has 38 heavy (non-hydrogen) atoms. The van der Waals surface area contributed by atoms with Crippen molar-refractivity contribution in [1.82, 2.24) is 10.2 Å². The zero-order valence-electron chi connectivity index (χ0n) is 22.6. The summed E-state index contributed by atoms with van der Waals surface area (Å²) in [6, 6.07) is 15.8. The monoisotopic (exact) mass is 524 g/mol. The van der Waals surface area contributed by atoms with Crippen LogP contribution in [0.15, 0.2) is 48.5 Å². The van der Waals surface area contributed by atoms with Crippen LogP contribution in [0.3, 0.4) is 0 Å².